The third-order valence-corrected chi connectivity index (χ3v) is 3.98. The quantitative estimate of drug-likeness (QED) is 0.707. The molecule has 0 saturated carbocycles. The van der Waals surface area contributed by atoms with Crippen molar-refractivity contribution in [1.29, 1.82) is 0 Å². The molecule has 6 nitrogen and oxygen atoms in total. The van der Waals surface area contributed by atoms with Crippen molar-refractivity contribution in [3.63, 3.8) is 0 Å². The van der Waals surface area contributed by atoms with Gasteiger partial charge in [0.1, 0.15) is 5.75 Å². The maximum Gasteiger partial charge on any atom is 0.251 e. The highest BCUT2D eigenvalue weighted by Gasteiger charge is 2.13. The Kier molecular flexibility index (Phi) is 5.63. The van der Waals surface area contributed by atoms with Crippen molar-refractivity contribution in [3.8, 4) is 17.2 Å². The van der Waals surface area contributed by atoms with Gasteiger partial charge in [-0.2, -0.15) is 0 Å². The average Bonchev–Trinajstić information content (AvgIpc) is 3.14. The minimum atomic E-state index is -0.0531. The van der Waals surface area contributed by atoms with E-state index in [-0.39, 0.29) is 5.91 Å². The Balaban J connectivity index is 1.53. The van der Waals surface area contributed by atoms with E-state index in [2.05, 4.69) is 15.5 Å². The normalized spacial score (nSPS) is 10.5. The van der Waals surface area contributed by atoms with Crippen LogP contribution in [0.3, 0.4) is 0 Å². The summed E-state index contributed by atoms with van der Waals surface area (Å²) in [5.41, 5.74) is 3.00. The molecule has 1 amide bonds. The molecule has 0 saturated heterocycles. The molecule has 0 aliphatic carbocycles. The number of aromatic nitrogens is 2. The third kappa shape index (κ3) is 4.47. The van der Waals surface area contributed by atoms with E-state index >= 15 is 0 Å². The Bertz CT molecular complexity index is 872. The second kappa shape index (κ2) is 8.29. The number of para-hydroxylation sites is 1. The minimum Gasteiger partial charge on any atom is -0.496 e. The number of amides is 1. The van der Waals surface area contributed by atoms with Crippen LogP contribution in [0, 0.1) is 6.92 Å². The van der Waals surface area contributed by atoms with Gasteiger partial charge in [-0.05, 0) is 24.6 Å². The number of nitrogens with one attached hydrogen (secondary N) is 1. The molecule has 3 aromatic rings. The maximum absolute atomic E-state index is 12.0. The molecule has 1 N–H and O–H groups in total. The molecule has 2 aromatic carbocycles. The third-order valence-electron chi connectivity index (χ3n) is 3.98. The molecular weight excluding hydrogens is 330 g/mol. The molecule has 0 unspecified atom stereocenters. The van der Waals surface area contributed by atoms with Crippen LogP contribution in [0.25, 0.3) is 11.5 Å². The van der Waals surface area contributed by atoms with Crippen LogP contribution in [0.5, 0.6) is 5.75 Å². The van der Waals surface area contributed by atoms with Crippen molar-refractivity contribution in [2.75, 3.05) is 7.11 Å². The molecule has 0 fully saturated rings. The SMILES string of the molecule is COc1ccccc1-c1nnc(CCC(=O)NCc2ccc(C)cc2)o1. The number of benzene rings is 2. The van der Waals surface area contributed by atoms with Crippen molar-refractivity contribution < 1.29 is 13.9 Å². The van der Waals surface area contributed by atoms with E-state index in [9.17, 15) is 4.79 Å². The number of carbonyl (C=O) groups excluding carboxylic acids is 1. The van der Waals surface area contributed by atoms with Crippen LogP contribution in [0.15, 0.2) is 52.9 Å². The molecule has 1 heterocycles. The summed E-state index contributed by atoms with van der Waals surface area (Å²) in [7, 11) is 1.59. The molecular formula is C20H21N3O3. The van der Waals surface area contributed by atoms with Gasteiger partial charge < -0.3 is 14.5 Å². The molecule has 0 aliphatic heterocycles. The van der Waals surface area contributed by atoms with Gasteiger partial charge in [-0.15, -0.1) is 10.2 Å². The van der Waals surface area contributed by atoms with Gasteiger partial charge in [-0.1, -0.05) is 42.0 Å². The number of aryl methyl sites for hydroxylation is 2. The molecule has 0 atom stereocenters. The number of carbonyl (C=O) groups is 1. The molecule has 0 radical (unpaired) electrons. The first-order valence-electron chi connectivity index (χ1n) is 8.43. The lowest BCUT2D eigenvalue weighted by Gasteiger charge is -2.05. The first kappa shape index (κ1) is 17.7. The van der Waals surface area contributed by atoms with Crippen LogP contribution in [-0.4, -0.2) is 23.2 Å². The zero-order valence-corrected chi connectivity index (χ0v) is 14.9. The summed E-state index contributed by atoms with van der Waals surface area (Å²) in [6, 6.07) is 15.5. The van der Waals surface area contributed by atoms with E-state index in [0.29, 0.717) is 36.9 Å². The summed E-state index contributed by atoms with van der Waals surface area (Å²) < 4.78 is 11.0. The Morgan fingerprint density at radius 3 is 2.65 bits per heavy atom. The summed E-state index contributed by atoms with van der Waals surface area (Å²) in [4.78, 5) is 12.0. The Hall–Kier alpha value is -3.15. The Morgan fingerprint density at radius 2 is 1.88 bits per heavy atom. The summed E-state index contributed by atoms with van der Waals surface area (Å²) in [5, 5.41) is 11.0. The van der Waals surface area contributed by atoms with Gasteiger partial charge in [-0.25, -0.2) is 0 Å². The zero-order valence-electron chi connectivity index (χ0n) is 14.9. The number of ether oxygens (including phenoxy) is 1. The number of hydrogen-bond acceptors (Lipinski definition) is 5. The van der Waals surface area contributed by atoms with E-state index in [0.717, 1.165) is 11.1 Å². The van der Waals surface area contributed by atoms with Crippen LogP contribution in [-0.2, 0) is 17.8 Å². The second-order valence-corrected chi connectivity index (χ2v) is 5.96. The van der Waals surface area contributed by atoms with Crippen molar-refractivity contribution >= 4 is 5.91 Å². The lowest BCUT2D eigenvalue weighted by Crippen LogP contribution is -2.23. The predicted molar refractivity (Wildman–Crippen MR) is 97.6 cm³/mol. The lowest BCUT2D eigenvalue weighted by molar-refractivity contribution is -0.121. The molecule has 134 valence electrons. The van der Waals surface area contributed by atoms with Gasteiger partial charge in [0.15, 0.2) is 0 Å². The summed E-state index contributed by atoms with van der Waals surface area (Å²) >= 11 is 0. The van der Waals surface area contributed by atoms with Crippen molar-refractivity contribution in [3.05, 3.63) is 65.5 Å². The van der Waals surface area contributed by atoms with Gasteiger partial charge in [0, 0.05) is 19.4 Å². The monoisotopic (exact) mass is 351 g/mol. The van der Waals surface area contributed by atoms with Crippen LogP contribution >= 0.6 is 0 Å². The van der Waals surface area contributed by atoms with E-state index in [1.807, 2.05) is 55.5 Å². The largest absolute Gasteiger partial charge is 0.496 e. The van der Waals surface area contributed by atoms with Gasteiger partial charge in [0.05, 0.1) is 12.7 Å². The van der Waals surface area contributed by atoms with Crippen LogP contribution in [0.2, 0.25) is 0 Å². The topological polar surface area (TPSA) is 77.2 Å². The highest BCUT2D eigenvalue weighted by Crippen LogP contribution is 2.28. The van der Waals surface area contributed by atoms with E-state index < -0.39 is 0 Å². The number of rotatable bonds is 7. The van der Waals surface area contributed by atoms with E-state index in [4.69, 9.17) is 9.15 Å². The summed E-state index contributed by atoms with van der Waals surface area (Å²) in [5.74, 6) is 1.43. The highest BCUT2D eigenvalue weighted by molar-refractivity contribution is 5.76. The van der Waals surface area contributed by atoms with Crippen LogP contribution in [0.4, 0.5) is 0 Å². The first-order valence-corrected chi connectivity index (χ1v) is 8.43. The maximum atomic E-state index is 12.0. The molecule has 0 aliphatic rings. The minimum absolute atomic E-state index is 0.0531. The number of methoxy groups -OCH3 is 1. The van der Waals surface area contributed by atoms with Gasteiger partial charge >= 0.3 is 0 Å². The molecule has 1 aromatic heterocycles. The molecule has 0 bridgehead atoms. The fraction of sp³-hybridized carbons (Fsp3) is 0.250. The average molecular weight is 351 g/mol. The fourth-order valence-corrected chi connectivity index (χ4v) is 2.50. The van der Waals surface area contributed by atoms with Gasteiger partial charge in [0.2, 0.25) is 11.8 Å². The van der Waals surface area contributed by atoms with Crippen molar-refractivity contribution in [2.45, 2.75) is 26.3 Å². The number of nitrogens with zero attached hydrogens (tertiary/aromatic N) is 2. The second-order valence-electron chi connectivity index (χ2n) is 5.96. The fourth-order valence-electron chi connectivity index (χ4n) is 2.50. The van der Waals surface area contributed by atoms with Crippen molar-refractivity contribution in [1.82, 2.24) is 15.5 Å². The Labute approximate surface area is 152 Å². The van der Waals surface area contributed by atoms with E-state index in [1.165, 1.54) is 5.56 Å². The van der Waals surface area contributed by atoms with Crippen LogP contribution < -0.4 is 10.1 Å². The molecule has 3 rings (SSSR count). The smallest absolute Gasteiger partial charge is 0.251 e. The Morgan fingerprint density at radius 1 is 1.12 bits per heavy atom. The van der Waals surface area contributed by atoms with Gasteiger partial charge in [0.25, 0.3) is 5.89 Å². The van der Waals surface area contributed by atoms with Crippen molar-refractivity contribution in [2.24, 2.45) is 0 Å². The first-order chi connectivity index (χ1) is 12.7. The molecule has 26 heavy (non-hydrogen) atoms. The molecule has 6 heteroatoms. The standard InChI is InChI=1S/C20H21N3O3/c1-14-7-9-15(10-8-14)13-21-18(24)11-12-19-22-23-20(26-19)16-5-3-4-6-17(16)25-2/h3-10H,11-13H2,1-2H3,(H,21,24). The van der Waals surface area contributed by atoms with Crippen LogP contribution in [0.1, 0.15) is 23.4 Å². The predicted octanol–water partition coefficient (Wildman–Crippen LogP) is 3.30. The summed E-state index contributed by atoms with van der Waals surface area (Å²) in [6.07, 6.45) is 0.682. The lowest BCUT2D eigenvalue weighted by atomic mass is 10.1. The summed E-state index contributed by atoms with van der Waals surface area (Å²) in [6.45, 7) is 2.54. The highest BCUT2D eigenvalue weighted by atomic mass is 16.5. The van der Waals surface area contributed by atoms with Gasteiger partial charge in [-0.3, -0.25) is 4.79 Å². The zero-order chi connectivity index (χ0) is 18.4. The van der Waals surface area contributed by atoms with E-state index in [1.54, 1.807) is 7.11 Å². The number of hydrogen-bond donors (Lipinski definition) is 1. The molecule has 0 spiro atoms.